The summed E-state index contributed by atoms with van der Waals surface area (Å²) in [6.45, 7) is 0.408. The Morgan fingerprint density at radius 2 is 1.38 bits per heavy atom. The minimum Gasteiger partial charge on any atom is -0.489 e. The number of nitrogens with one attached hydrogen (secondary N) is 1. The molecule has 0 saturated heterocycles. The molecule has 0 aromatic heterocycles. The molecule has 4 aromatic rings. The number of carbonyl (C=O) groups excluding carboxylic acids is 3. The molecule has 0 radical (unpaired) electrons. The highest BCUT2D eigenvalue weighted by Crippen LogP contribution is 2.29. The molecule has 0 saturated carbocycles. The van der Waals surface area contributed by atoms with E-state index in [1.54, 1.807) is 72.8 Å². The molecular formula is C28H20N2O4. The van der Waals surface area contributed by atoms with E-state index in [-0.39, 0.29) is 17.7 Å². The summed E-state index contributed by atoms with van der Waals surface area (Å²) in [4.78, 5) is 39.2. The van der Waals surface area contributed by atoms with Gasteiger partial charge in [-0.05, 0) is 60.2 Å². The van der Waals surface area contributed by atoms with E-state index in [1.807, 2.05) is 30.3 Å². The maximum Gasteiger partial charge on any atom is 0.266 e. The molecule has 3 amide bonds. The van der Waals surface area contributed by atoms with Gasteiger partial charge in [-0.2, -0.15) is 0 Å². The van der Waals surface area contributed by atoms with Crippen LogP contribution in [0.4, 0.5) is 11.4 Å². The van der Waals surface area contributed by atoms with Crippen LogP contribution in [0.25, 0.3) is 0 Å². The van der Waals surface area contributed by atoms with Gasteiger partial charge in [0.15, 0.2) is 0 Å². The lowest BCUT2D eigenvalue weighted by molar-refractivity contribution is 0.0924. The zero-order chi connectivity index (χ0) is 23.5. The first-order valence-corrected chi connectivity index (χ1v) is 10.8. The molecule has 34 heavy (non-hydrogen) atoms. The van der Waals surface area contributed by atoms with Gasteiger partial charge in [-0.25, -0.2) is 4.90 Å². The van der Waals surface area contributed by atoms with Crippen molar-refractivity contribution in [3.05, 3.63) is 125 Å². The predicted molar refractivity (Wildman–Crippen MR) is 129 cm³/mol. The van der Waals surface area contributed by atoms with Crippen molar-refractivity contribution in [1.29, 1.82) is 0 Å². The molecule has 0 aliphatic carbocycles. The normalized spacial score (nSPS) is 12.4. The van der Waals surface area contributed by atoms with Crippen molar-refractivity contribution in [2.24, 2.45) is 0 Å². The standard InChI is InChI=1S/C28H20N2O4/c31-26(20-9-6-10-23(17-20)34-18-19-7-2-1-3-8-19)29-21-13-15-22(16-14-21)30-27(32)24-11-4-5-12-25(24)28(30)33/h1-17H,18H2,(H,29,31). The van der Waals surface area contributed by atoms with Gasteiger partial charge >= 0.3 is 0 Å². The fourth-order valence-electron chi connectivity index (χ4n) is 3.79. The van der Waals surface area contributed by atoms with Crippen molar-refractivity contribution in [1.82, 2.24) is 0 Å². The topological polar surface area (TPSA) is 75.7 Å². The summed E-state index contributed by atoms with van der Waals surface area (Å²) in [7, 11) is 0. The average Bonchev–Trinajstić information content (AvgIpc) is 3.14. The summed E-state index contributed by atoms with van der Waals surface area (Å²) in [5.74, 6) is -0.412. The maximum atomic E-state index is 12.7. The second kappa shape index (κ2) is 9.03. The number of fused-ring (bicyclic) bond motifs is 1. The Kier molecular flexibility index (Phi) is 5.62. The van der Waals surface area contributed by atoms with Crippen LogP contribution in [0.1, 0.15) is 36.6 Å². The highest BCUT2D eigenvalue weighted by atomic mass is 16.5. The Bertz CT molecular complexity index is 1350. The molecule has 1 aliphatic heterocycles. The third kappa shape index (κ3) is 4.17. The van der Waals surface area contributed by atoms with E-state index in [1.165, 1.54) is 0 Å². The fourth-order valence-corrected chi connectivity index (χ4v) is 3.79. The number of amides is 3. The molecule has 4 aromatic carbocycles. The summed E-state index contributed by atoms with van der Waals surface area (Å²) in [5.41, 5.74) is 3.26. The van der Waals surface area contributed by atoms with E-state index in [0.29, 0.717) is 40.4 Å². The van der Waals surface area contributed by atoms with Gasteiger partial charge in [0, 0.05) is 11.3 Å². The van der Waals surface area contributed by atoms with Crippen LogP contribution in [0.5, 0.6) is 5.75 Å². The van der Waals surface area contributed by atoms with E-state index in [0.717, 1.165) is 10.5 Å². The third-order valence-electron chi connectivity index (χ3n) is 5.52. The summed E-state index contributed by atoms with van der Waals surface area (Å²) in [5, 5.41) is 2.83. The Labute approximate surface area is 196 Å². The lowest BCUT2D eigenvalue weighted by Gasteiger charge is -2.14. The average molecular weight is 448 g/mol. The number of hydrogen-bond acceptors (Lipinski definition) is 4. The summed E-state index contributed by atoms with van der Waals surface area (Å²) in [6.07, 6.45) is 0. The van der Waals surface area contributed by atoms with Crippen molar-refractivity contribution < 1.29 is 19.1 Å². The second-order valence-corrected chi connectivity index (χ2v) is 7.79. The first-order chi connectivity index (χ1) is 16.6. The Hall–Kier alpha value is -4.71. The Morgan fingerprint density at radius 1 is 0.735 bits per heavy atom. The Morgan fingerprint density at radius 3 is 2.06 bits per heavy atom. The molecule has 0 fully saturated rings. The molecule has 0 spiro atoms. The molecule has 166 valence electrons. The SMILES string of the molecule is O=C(Nc1ccc(N2C(=O)c3ccccc3C2=O)cc1)c1cccc(OCc2ccccc2)c1. The molecule has 0 atom stereocenters. The first-order valence-electron chi connectivity index (χ1n) is 10.8. The number of carbonyl (C=O) groups is 3. The minimum absolute atomic E-state index is 0.293. The zero-order valence-electron chi connectivity index (χ0n) is 18.1. The van der Waals surface area contributed by atoms with Crippen LogP contribution in [-0.2, 0) is 6.61 Å². The van der Waals surface area contributed by atoms with Gasteiger partial charge < -0.3 is 10.1 Å². The van der Waals surface area contributed by atoms with Crippen LogP contribution >= 0.6 is 0 Å². The van der Waals surface area contributed by atoms with E-state index < -0.39 is 0 Å². The van der Waals surface area contributed by atoms with Crippen LogP contribution in [-0.4, -0.2) is 17.7 Å². The fraction of sp³-hybridized carbons (Fsp3) is 0.0357. The van der Waals surface area contributed by atoms with Crippen molar-refractivity contribution in [3.8, 4) is 5.75 Å². The van der Waals surface area contributed by atoms with Crippen LogP contribution in [0.3, 0.4) is 0 Å². The molecule has 6 nitrogen and oxygen atoms in total. The molecule has 5 rings (SSSR count). The van der Waals surface area contributed by atoms with Gasteiger partial charge in [0.2, 0.25) is 0 Å². The van der Waals surface area contributed by atoms with E-state index >= 15 is 0 Å². The first kappa shape index (κ1) is 21.2. The van der Waals surface area contributed by atoms with Crippen LogP contribution in [0.15, 0.2) is 103 Å². The molecule has 0 unspecified atom stereocenters. The van der Waals surface area contributed by atoms with Gasteiger partial charge in [0.1, 0.15) is 12.4 Å². The molecular weight excluding hydrogens is 428 g/mol. The largest absolute Gasteiger partial charge is 0.489 e. The van der Waals surface area contributed by atoms with Gasteiger partial charge in [0.25, 0.3) is 17.7 Å². The monoisotopic (exact) mass is 448 g/mol. The number of nitrogens with zero attached hydrogens (tertiary/aromatic N) is 1. The molecule has 6 heteroatoms. The van der Waals surface area contributed by atoms with E-state index in [2.05, 4.69) is 5.32 Å². The lowest BCUT2D eigenvalue weighted by atomic mass is 10.1. The summed E-state index contributed by atoms with van der Waals surface area (Å²) < 4.78 is 5.80. The number of ether oxygens (including phenoxy) is 1. The minimum atomic E-state index is -0.357. The second-order valence-electron chi connectivity index (χ2n) is 7.79. The number of rotatable bonds is 6. The highest BCUT2D eigenvalue weighted by Gasteiger charge is 2.36. The quantitative estimate of drug-likeness (QED) is 0.405. The van der Waals surface area contributed by atoms with Crippen molar-refractivity contribution in [3.63, 3.8) is 0 Å². The number of benzene rings is 4. The molecule has 1 N–H and O–H groups in total. The van der Waals surface area contributed by atoms with Gasteiger partial charge in [-0.3, -0.25) is 14.4 Å². The van der Waals surface area contributed by atoms with Crippen LogP contribution in [0, 0.1) is 0 Å². The van der Waals surface area contributed by atoms with Gasteiger partial charge in [-0.1, -0.05) is 48.5 Å². The number of anilines is 2. The zero-order valence-corrected chi connectivity index (χ0v) is 18.1. The van der Waals surface area contributed by atoms with E-state index in [4.69, 9.17) is 4.74 Å². The van der Waals surface area contributed by atoms with Crippen LogP contribution in [0.2, 0.25) is 0 Å². The molecule has 1 heterocycles. The molecule has 0 bridgehead atoms. The number of hydrogen-bond donors (Lipinski definition) is 1. The van der Waals surface area contributed by atoms with Crippen LogP contribution < -0.4 is 15.0 Å². The number of imide groups is 1. The van der Waals surface area contributed by atoms with Crippen molar-refractivity contribution in [2.45, 2.75) is 6.61 Å². The molecule has 1 aliphatic rings. The van der Waals surface area contributed by atoms with Gasteiger partial charge in [0.05, 0.1) is 16.8 Å². The Balaban J connectivity index is 1.25. The predicted octanol–water partition coefficient (Wildman–Crippen LogP) is 5.32. The van der Waals surface area contributed by atoms with Crippen molar-refractivity contribution >= 4 is 29.1 Å². The van der Waals surface area contributed by atoms with Crippen molar-refractivity contribution in [2.75, 3.05) is 10.2 Å². The highest BCUT2D eigenvalue weighted by molar-refractivity contribution is 6.34. The maximum absolute atomic E-state index is 12.7. The summed E-state index contributed by atoms with van der Waals surface area (Å²) >= 11 is 0. The summed E-state index contributed by atoms with van der Waals surface area (Å²) in [6, 6.07) is 30.1. The smallest absolute Gasteiger partial charge is 0.266 e. The van der Waals surface area contributed by atoms with E-state index in [9.17, 15) is 14.4 Å². The van der Waals surface area contributed by atoms with Gasteiger partial charge in [-0.15, -0.1) is 0 Å². The third-order valence-corrected chi connectivity index (χ3v) is 5.52. The lowest BCUT2D eigenvalue weighted by Crippen LogP contribution is -2.29.